The van der Waals surface area contributed by atoms with Crippen LogP contribution in [0.5, 0.6) is 0 Å². The van der Waals surface area contributed by atoms with Crippen LogP contribution in [0.2, 0.25) is 0 Å². The van der Waals surface area contributed by atoms with E-state index < -0.39 is 0 Å². The number of hydrogen-bond donors (Lipinski definition) is 0. The first-order chi connectivity index (χ1) is 4.84. The van der Waals surface area contributed by atoms with Crippen LogP contribution < -0.4 is 0 Å². The number of ether oxygens (including phenoxy) is 1. The molecule has 0 bridgehead atoms. The van der Waals surface area contributed by atoms with Gasteiger partial charge in [-0.15, -0.1) is 6.58 Å². The molecular formula is C8H10O2. The van der Waals surface area contributed by atoms with Crippen LogP contribution in [-0.2, 0) is 9.53 Å². The van der Waals surface area contributed by atoms with E-state index in [9.17, 15) is 4.79 Å². The SMILES string of the molecule is C=CC/C=C1/CCOC1=O. The monoisotopic (exact) mass is 138 g/mol. The molecule has 0 saturated carbocycles. The fourth-order valence-corrected chi connectivity index (χ4v) is 0.859. The summed E-state index contributed by atoms with van der Waals surface area (Å²) in [6, 6.07) is 0. The highest BCUT2D eigenvalue weighted by atomic mass is 16.5. The van der Waals surface area contributed by atoms with Crippen molar-refractivity contribution in [2.24, 2.45) is 0 Å². The Morgan fingerprint density at radius 1 is 1.70 bits per heavy atom. The molecule has 0 aromatic carbocycles. The Morgan fingerprint density at radius 3 is 3.00 bits per heavy atom. The first-order valence-corrected chi connectivity index (χ1v) is 3.31. The van der Waals surface area contributed by atoms with Crippen LogP contribution in [0.3, 0.4) is 0 Å². The molecule has 2 nitrogen and oxygen atoms in total. The normalized spacial score (nSPS) is 21.2. The molecule has 0 amide bonds. The van der Waals surface area contributed by atoms with Gasteiger partial charge in [0.1, 0.15) is 0 Å². The number of rotatable bonds is 2. The topological polar surface area (TPSA) is 26.3 Å². The number of hydrogen-bond acceptors (Lipinski definition) is 2. The Morgan fingerprint density at radius 2 is 2.50 bits per heavy atom. The zero-order valence-electron chi connectivity index (χ0n) is 5.80. The third kappa shape index (κ3) is 1.47. The third-order valence-corrected chi connectivity index (χ3v) is 1.40. The fourth-order valence-electron chi connectivity index (χ4n) is 0.859. The lowest BCUT2D eigenvalue weighted by atomic mass is 10.2. The first kappa shape index (κ1) is 7.06. The molecule has 0 N–H and O–H groups in total. The lowest BCUT2D eigenvalue weighted by molar-refractivity contribution is -0.135. The van der Waals surface area contributed by atoms with Crippen LogP contribution in [0.1, 0.15) is 12.8 Å². The number of carbonyl (C=O) groups is 1. The quantitative estimate of drug-likeness (QED) is 0.328. The van der Waals surface area contributed by atoms with E-state index in [1.807, 2.05) is 6.08 Å². The van der Waals surface area contributed by atoms with E-state index in [-0.39, 0.29) is 5.97 Å². The maximum Gasteiger partial charge on any atom is 0.333 e. The second-order valence-corrected chi connectivity index (χ2v) is 2.14. The van der Waals surface area contributed by atoms with Crippen molar-refractivity contribution in [2.45, 2.75) is 12.8 Å². The van der Waals surface area contributed by atoms with Gasteiger partial charge in [-0.25, -0.2) is 4.79 Å². The number of cyclic esters (lactones) is 1. The van der Waals surface area contributed by atoms with E-state index >= 15 is 0 Å². The maximum absolute atomic E-state index is 10.8. The van der Waals surface area contributed by atoms with Crippen LogP contribution in [-0.4, -0.2) is 12.6 Å². The summed E-state index contributed by atoms with van der Waals surface area (Å²) in [6.45, 7) is 4.09. The van der Waals surface area contributed by atoms with Gasteiger partial charge in [0.25, 0.3) is 0 Å². The summed E-state index contributed by atoms with van der Waals surface area (Å²) < 4.78 is 4.72. The van der Waals surface area contributed by atoms with E-state index in [1.165, 1.54) is 0 Å². The fraction of sp³-hybridized carbons (Fsp3) is 0.375. The van der Waals surface area contributed by atoms with E-state index in [1.54, 1.807) is 6.08 Å². The average Bonchev–Trinajstić information content (AvgIpc) is 2.31. The van der Waals surface area contributed by atoms with Crippen molar-refractivity contribution in [2.75, 3.05) is 6.61 Å². The van der Waals surface area contributed by atoms with E-state index in [0.29, 0.717) is 6.61 Å². The summed E-state index contributed by atoms with van der Waals surface area (Å²) in [5.41, 5.74) is 0.792. The molecule has 1 rings (SSSR count). The molecule has 0 atom stereocenters. The molecule has 1 aliphatic heterocycles. The average molecular weight is 138 g/mol. The summed E-state index contributed by atoms with van der Waals surface area (Å²) in [7, 11) is 0. The van der Waals surface area contributed by atoms with Crippen LogP contribution in [0.4, 0.5) is 0 Å². The summed E-state index contributed by atoms with van der Waals surface area (Å²) >= 11 is 0. The molecule has 1 aliphatic rings. The van der Waals surface area contributed by atoms with Crippen molar-refractivity contribution in [3.8, 4) is 0 Å². The molecule has 0 aromatic rings. The second-order valence-electron chi connectivity index (χ2n) is 2.14. The van der Waals surface area contributed by atoms with Crippen molar-refractivity contribution in [3.05, 3.63) is 24.3 Å². The predicted molar refractivity (Wildman–Crippen MR) is 38.5 cm³/mol. The molecule has 10 heavy (non-hydrogen) atoms. The molecule has 0 radical (unpaired) electrons. The van der Waals surface area contributed by atoms with Gasteiger partial charge in [-0.3, -0.25) is 0 Å². The van der Waals surface area contributed by atoms with Gasteiger partial charge in [-0.05, 0) is 6.42 Å². The summed E-state index contributed by atoms with van der Waals surface area (Å²) in [5, 5.41) is 0. The molecule has 1 heterocycles. The summed E-state index contributed by atoms with van der Waals surface area (Å²) in [4.78, 5) is 10.8. The van der Waals surface area contributed by atoms with Crippen molar-refractivity contribution in [1.29, 1.82) is 0 Å². The van der Waals surface area contributed by atoms with Gasteiger partial charge in [0.2, 0.25) is 0 Å². The Balaban J connectivity index is 2.53. The Labute approximate surface area is 60.2 Å². The summed E-state index contributed by atoms with van der Waals surface area (Å²) in [6.07, 6.45) is 5.14. The highest BCUT2D eigenvalue weighted by molar-refractivity contribution is 5.90. The zero-order valence-corrected chi connectivity index (χ0v) is 5.80. The van der Waals surface area contributed by atoms with Gasteiger partial charge in [-0.2, -0.15) is 0 Å². The molecule has 0 aliphatic carbocycles. The molecule has 1 saturated heterocycles. The molecule has 1 fully saturated rings. The highest BCUT2D eigenvalue weighted by Crippen LogP contribution is 2.13. The molecule has 0 unspecified atom stereocenters. The molecule has 0 spiro atoms. The molecular weight excluding hydrogens is 128 g/mol. The van der Waals surface area contributed by atoms with Gasteiger partial charge in [0.05, 0.1) is 6.61 Å². The minimum absolute atomic E-state index is 0.165. The smallest absolute Gasteiger partial charge is 0.333 e. The largest absolute Gasteiger partial charge is 0.462 e. The molecule has 2 heteroatoms. The van der Waals surface area contributed by atoms with Gasteiger partial charge >= 0.3 is 5.97 Å². The van der Waals surface area contributed by atoms with Gasteiger partial charge in [0.15, 0.2) is 0 Å². The first-order valence-electron chi connectivity index (χ1n) is 3.31. The predicted octanol–water partition coefficient (Wildman–Crippen LogP) is 1.44. The van der Waals surface area contributed by atoms with Gasteiger partial charge in [-0.1, -0.05) is 12.2 Å². The zero-order chi connectivity index (χ0) is 7.40. The Bertz CT molecular complexity index is 180. The van der Waals surface area contributed by atoms with Crippen LogP contribution in [0, 0.1) is 0 Å². The second kappa shape index (κ2) is 3.20. The van der Waals surface area contributed by atoms with Crippen molar-refractivity contribution >= 4 is 5.97 Å². The van der Waals surface area contributed by atoms with Crippen molar-refractivity contribution in [3.63, 3.8) is 0 Å². The summed E-state index contributed by atoms with van der Waals surface area (Å²) in [5.74, 6) is -0.165. The van der Waals surface area contributed by atoms with Crippen LogP contribution >= 0.6 is 0 Å². The van der Waals surface area contributed by atoms with Gasteiger partial charge in [0, 0.05) is 12.0 Å². The van der Waals surface area contributed by atoms with E-state index in [0.717, 1.165) is 18.4 Å². The minimum atomic E-state index is -0.165. The molecule has 0 aromatic heterocycles. The van der Waals surface area contributed by atoms with Crippen molar-refractivity contribution in [1.82, 2.24) is 0 Å². The van der Waals surface area contributed by atoms with Crippen LogP contribution in [0.25, 0.3) is 0 Å². The van der Waals surface area contributed by atoms with E-state index in [4.69, 9.17) is 4.74 Å². The molecule has 54 valence electrons. The third-order valence-electron chi connectivity index (χ3n) is 1.40. The lowest BCUT2D eigenvalue weighted by Gasteiger charge is -1.87. The van der Waals surface area contributed by atoms with E-state index in [2.05, 4.69) is 6.58 Å². The minimum Gasteiger partial charge on any atom is -0.462 e. The number of allylic oxidation sites excluding steroid dienone is 2. The number of esters is 1. The maximum atomic E-state index is 10.8. The van der Waals surface area contributed by atoms with Gasteiger partial charge < -0.3 is 4.74 Å². The lowest BCUT2D eigenvalue weighted by Crippen LogP contribution is -1.93. The Hall–Kier alpha value is -1.05. The standard InChI is InChI=1S/C8H10O2/c1-2-3-4-7-5-6-10-8(7)9/h2,4H,1,3,5-6H2/b7-4-. The number of carbonyl (C=O) groups excluding carboxylic acids is 1. The van der Waals surface area contributed by atoms with Crippen LogP contribution in [0.15, 0.2) is 24.3 Å². The Kier molecular flexibility index (Phi) is 2.26. The van der Waals surface area contributed by atoms with Crippen molar-refractivity contribution < 1.29 is 9.53 Å². The highest BCUT2D eigenvalue weighted by Gasteiger charge is 2.16.